The van der Waals surface area contributed by atoms with E-state index < -0.39 is 0 Å². The first kappa shape index (κ1) is 17.5. The van der Waals surface area contributed by atoms with Crippen LogP contribution in [0.5, 0.6) is 0 Å². The fourth-order valence-electron chi connectivity index (χ4n) is 4.04. The molecule has 1 saturated heterocycles. The van der Waals surface area contributed by atoms with E-state index in [9.17, 15) is 4.79 Å². The quantitative estimate of drug-likeness (QED) is 0.864. The lowest BCUT2D eigenvalue weighted by Crippen LogP contribution is -2.38. The van der Waals surface area contributed by atoms with Crippen molar-refractivity contribution in [2.24, 2.45) is 5.92 Å². The zero-order chi connectivity index (χ0) is 16.8. The molecule has 1 aromatic heterocycles. The summed E-state index contributed by atoms with van der Waals surface area (Å²) in [6, 6.07) is 1.86. The van der Waals surface area contributed by atoms with E-state index in [2.05, 4.69) is 22.3 Å². The molecule has 5 nitrogen and oxygen atoms in total. The molecule has 1 saturated carbocycles. The van der Waals surface area contributed by atoms with E-state index in [-0.39, 0.29) is 5.91 Å². The minimum atomic E-state index is -0.111. The smallest absolute Gasteiger partial charge is 0.289 e. The van der Waals surface area contributed by atoms with Gasteiger partial charge in [0.15, 0.2) is 0 Å². The summed E-state index contributed by atoms with van der Waals surface area (Å²) >= 11 is 0. The number of rotatable bonds is 6. The number of hydrogen-bond donors (Lipinski definition) is 1. The Morgan fingerprint density at radius 2 is 2.00 bits per heavy atom. The molecule has 2 aliphatic rings. The Kier molecular flexibility index (Phi) is 6.30. The molecule has 0 spiro atoms. The summed E-state index contributed by atoms with van der Waals surface area (Å²) in [5.41, 5.74) is 0.965. The van der Waals surface area contributed by atoms with Gasteiger partial charge in [-0.25, -0.2) is 0 Å². The highest BCUT2D eigenvalue weighted by Gasteiger charge is 2.23. The average Bonchev–Trinajstić information content (AvgIpc) is 3.12. The number of likely N-dealkylation sites (tertiary alicyclic amines) is 1. The van der Waals surface area contributed by atoms with Crippen molar-refractivity contribution in [1.82, 2.24) is 15.4 Å². The van der Waals surface area contributed by atoms with Crippen LogP contribution in [0.3, 0.4) is 0 Å². The van der Waals surface area contributed by atoms with E-state index in [1.54, 1.807) is 0 Å². The van der Waals surface area contributed by atoms with Crippen molar-refractivity contribution in [2.75, 3.05) is 26.2 Å². The van der Waals surface area contributed by atoms with Crippen LogP contribution in [0.15, 0.2) is 10.6 Å². The second-order valence-electron chi connectivity index (χ2n) is 7.45. The number of carbonyl (C=O) groups excluding carboxylic acids is 1. The molecule has 1 amide bonds. The third-order valence-electron chi connectivity index (χ3n) is 5.57. The van der Waals surface area contributed by atoms with Crippen LogP contribution >= 0.6 is 0 Å². The first-order valence-corrected chi connectivity index (χ1v) is 9.73. The molecular formula is C19H31N3O2. The first-order valence-electron chi connectivity index (χ1n) is 9.73. The zero-order valence-corrected chi connectivity index (χ0v) is 14.9. The second kappa shape index (κ2) is 8.65. The SMILES string of the molecule is CCCN1CCC(CNC(=O)c2cc(C3CCCCC3)no2)CC1. The van der Waals surface area contributed by atoms with Crippen LogP contribution in [0, 0.1) is 5.92 Å². The van der Waals surface area contributed by atoms with Crippen molar-refractivity contribution in [3.05, 3.63) is 17.5 Å². The summed E-state index contributed by atoms with van der Waals surface area (Å²) in [6.45, 7) is 6.48. The molecule has 1 N–H and O–H groups in total. The minimum absolute atomic E-state index is 0.111. The maximum Gasteiger partial charge on any atom is 0.289 e. The van der Waals surface area contributed by atoms with Gasteiger partial charge >= 0.3 is 0 Å². The number of amides is 1. The molecule has 134 valence electrons. The Bertz CT molecular complexity index is 514. The van der Waals surface area contributed by atoms with Crippen LogP contribution in [0.4, 0.5) is 0 Å². The summed E-state index contributed by atoms with van der Waals surface area (Å²) < 4.78 is 5.30. The third kappa shape index (κ3) is 4.59. The maximum absolute atomic E-state index is 12.3. The predicted molar refractivity (Wildman–Crippen MR) is 94.1 cm³/mol. The van der Waals surface area contributed by atoms with Gasteiger partial charge in [-0.05, 0) is 57.7 Å². The zero-order valence-electron chi connectivity index (χ0n) is 14.9. The lowest BCUT2D eigenvalue weighted by molar-refractivity contribution is 0.0899. The molecule has 1 aliphatic heterocycles. The van der Waals surface area contributed by atoms with Gasteiger partial charge in [0.1, 0.15) is 0 Å². The Morgan fingerprint density at radius 1 is 1.25 bits per heavy atom. The number of hydrogen-bond acceptors (Lipinski definition) is 4. The van der Waals surface area contributed by atoms with Crippen LogP contribution in [-0.4, -0.2) is 42.1 Å². The number of nitrogens with one attached hydrogen (secondary N) is 1. The van der Waals surface area contributed by atoms with Gasteiger partial charge in [-0.2, -0.15) is 0 Å². The summed E-state index contributed by atoms with van der Waals surface area (Å²) in [5, 5.41) is 7.18. The molecule has 2 fully saturated rings. The minimum Gasteiger partial charge on any atom is -0.351 e. The summed E-state index contributed by atoms with van der Waals surface area (Å²) in [4.78, 5) is 14.8. The molecule has 0 atom stereocenters. The number of carbonyl (C=O) groups is 1. The highest BCUT2D eigenvalue weighted by molar-refractivity contribution is 5.91. The fourth-order valence-corrected chi connectivity index (χ4v) is 4.04. The summed E-state index contributed by atoms with van der Waals surface area (Å²) in [5.74, 6) is 1.33. The molecule has 0 radical (unpaired) electrons. The van der Waals surface area contributed by atoms with Crippen molar-refractivity contribution in [2.45, 2.75) is 64.2 Å². The van der Waals surface area contributed by atoms with Gasteiger partial charge in [0.2, 0.25) is 5.76 Å². The topological polar surface area (TPSA) is 58.4 Å². The van der Waals surface area contributed by atoms with E-state index in [4.69, 9.17) is 4.52 Å². The highest BCUT2D eigenvalue weighted by atomic mass is 16.5. The first-order chi connectivity index (χ1) is 11.8. The molecule has 0 bridgehead atoms. The molecule has 3 rings (SSSR count). The largest absolute Gasteiger partial charge is 0.351 e. The lowest BCUT2D eigenvalue weighted by Gasteiger charge is -2.31. The molecule has 1 aliphatic carbocycles. The second-order valence-corrected chi connectivity index (χ2v) is 7.45. The highest BCUT2D eigenvalue weighted by Crippen LogP contribution is 2.32. The van der Waals surface area contributed by atoms with E-state index >= 15 is 0 Å². The summed E-state index contributed by atoms with van der Waals surface area (Å²) in [7, 11) is 0. The Hall–Kier alpha value is -1.36. The van der Waals surface area contributed by atoms with E-state index in [0.717, 1.165) is 25.3 Å². The van der Waals surface area contributed by atoms with Crippen molar-refractivity contribution in [3.8, 4) is 0 Å². The van der Waals surface area contributed by atoms with Crippen LogP contribution in [0.25, 0.3) is 0 Å². The maximum atomic E-state index is 12.3. The van der Waals surface area contributed by atoms with Gasteiger partial charge in [-0.1, -0.05) is 31.3 Å². The average molecular weight is 333 g/mol. The molecule has 1 aromatic rings. The summed E-state index contributed by atoms with van der Waals surface area (Å²) in [6.07, 6.45) is 9.74. The lowest BCUT2D eigenvalue weighted by atomic mass is 9.87. The van der Waals surface area contributed by atoms with Gasteiger partial charge in [0, 0.05) is 18.5 Å². The van der Waals surface area contributed by atoms with Gasteiger partial charge in [-0.3, -0.25) is 4.79 Å². The van der Waals surface area contributed by atoms with Gasteiger partial charge < -0.3 is 14.7 Å². The van der Waals surface area contributed by atoms with Crippen LogP contribution in [0.2, 0.25) is 0 Å². The molecule has 0 unspecified atom stereocenters. The monoisotopic (exact) mass is 333 g/mol. The van der Waals surface area contributed by atoms with E-state index in [0.29, 0.717) is 17.6 Å². The Morgan fingerprint density at radius 3 is 2.71 bits per heavy atom. The molecule has 24 heavy (non-hydrogen) atoms. The van der Waals surface area contributed by atoms with Gasteiger partial charge in [0.25, 0.3) is 5.91 Å². The van der Waals surface area contributed by atoms with Crippen molar-refractivity contribution in [1.29, 1.82) is 0 Å². The normalized spacial score (nSPS) is 21.0. The molecular weight excluding hydrogens is 302 g/mol. The number of aromatic nitrogens is 1. The standard InChI is InChI=1S/C19H31N3O2/c1-2-10-22-11-8-15(9-12-22)14-20-19(23)18-13-17(21-24-18)16-6-4-3-5-7-16/h13,15-16H,2-12,14H2,1H3,(H,20,23). The molecule has 0 aromatic carbocycles. The number of nitrogens with zero attached hydrogens (tertiary/aromatic N) is 2. The third-order valence-corrected chi connectivity index (χ3v) is 5.57. The van der Waals surface area contributed by atoms with Crippen molar-refractivity contribution < 1.29 is 9.32 Å². The van der Waals surface area contributed by atoms with E-state index in [1.807, 2.05) is 6.07 Å². The van der Waals surface area contributed by atoms with Crippen LogP contribution < -0.4 is 5.32 Å². The van der Waals surface area contributed by atoms with Crippen LogP contribution in [-0.2, 0) is 0 Å². The van der Waals surface area contributed by atoms with Crippen LogP contribution in [0.1, 0.15) is 80.5 Å². The Balaban J connectivity index is 1.43. The van der Waals surface area contributed by atoms with Crippen molar-refractivity contribution >= 4 is 5.91 Å². The molecule has 5 heteroatoms. The molecule has 2 heterocycles. The van der Waals surface area contributed by atoms with Gasteiger partial charge in [0.05, 0.1) is 5.69 Å². The Labute approximate surface area is 145 Å². The number of piperidine rings is 1. The van der Waals surface area contributed by atoms with E-state index in [1.165, 1.54) is 57.9 Å². The van der Waals surface area contributed by atoms with Gasteiger partial charge in [-0.15, -0.1) is 0 Å². The predicted octanol–water partition coefficient (Wildman–Crippen LogP) is 3.57. The fraction of sp³-hybridized carbons (Fsp3) is 0.789. The van der Waals surface area contributed by atoms with Crippen molar-refractivity contribution in [3.63, 3.8) is 0 Å².